The summed E-state index contributed by atoms with van der Waals surface area (Å²) in [7, 11) is -3.84. The molecule has 2 aromatic rings. The molecule has 8 heteroatoms. The van der Waals surface area contributed by atoms with Gasteiger partial charge in [0.25, 0.3) is 0 Å². The minimum atomic E-state index is -3.84. The molecule has 1 heterocycles. The molecule has 0 bridgehead atoms. The van der Waals surface area contributed by atoms with Crippen molar-refractivity contribution >= 4 is 38.1 Å². The Kier molecular flexibility index (Phi) is 3.09. The van der Waals surface area contributed by atoms with Crippen LogP contribution < -0.4 is 10.9 Å². The molecule has 0 aliphatic heterocycles. The van der Waals surface area contributed by atoms with E-state index in [2.05, 4.69) is 4.98 Å². The molecule has 0 fully saturated rings. The van der Waals surface area contributed by atoms with Gasteiger partial charge in [0.05, 0.1) is 10.7 Å². The van der Waals surface area contributed by atoms with Gasteiger partial charge in [0.15, 0.2) is 5.13 Å². The minimum Gasteiger partial charge on any atom is -0.375 e. The number of nitrogens with zero attached hydrogens (tertiary/aromatic N) is 1. The van der Waals surface area contributed by atoms with Crippen molar-refractivity contribution < 1.29 is 8.42 Å². The van der Waals surface area contributed by atoms with E-state index in [1.165, 1.54) is 23.5 Å². The van der Waals surface area contributed by atoms with Gasteiger partial charge in [0, 0.05) is 10.9 Å². The van der Waals surface area contributed by atoms with Gasteiger partial charge >= 0.3 is 0 Å². The van der Waals surface area contributed by atoms with Gasteiger partial charge in [-0.15, -0.1) is 11.3 Å². The molecule has 0 amide bonds. The third kappa shape index (κ3) is 2.58. The highest BCUT2D eigenvalue weighted by Crippen LogP contribution is 2.28. The highest BCUT2D eigenvalue weighted by atomic mass is 35.5. The van der Waals surface area contributed by atoms with E-state index in [-0.39, 0.29) is 9.92 Å². The normalized spacial score (nSPS) is 11.6. The van der Waals surface area contributed by atoms with Gasteiger partial charge < -0.3 is 5.73 Å². The van der Waals surface area contributed by atoms with E-state index in [1.807, 2.05) is 0 Å². The smallest absolute Gasteiger partial charge is 0.239 e. The Labute approximate surface area is 107 Å². The first-order chi connectivity index (χ1) is 7.88. The lowest BCUT2D eigenvalue weighted by molar-refractivity contribution is 0.598. The molecule has 0 aliphatic rings. The molecule has 17 heavy (non-hydrogen) atoms. The average Bonchev–Trinajstić information content (AvgIpc) is 2.64. The minimum absolute atomic E-state index is 0.0828. The summed E-state index contributed by atoms with van der Waals surface area (Å²) in [6.45, 7) is 0. The van der Waals surface area contributed by atoms with Gasteiger partial charge in [-0.2, -0.15) is 0 Å². The van der Waals surface area contributed by atoms with Gasteiger partial charge in [-0.3, -0.25) is 0 Å². The standard InChI is InChI=1S/C9H8ClN3O2S2/c10-6-2-1-5(3-8(6)17(12,14)15)7-4-16-9(11)13-7/h1-4H,(H2,11,13)(H2,12,14,15). The average molecular weight is 290 g/mol. The Balaban J connectivity index is 2.59. The van der Waals surface area contributed by atoms with Crippen molar-refractivity contribution in [1.82, 2.24) is 4.98 Å². The van der Waals surface area contributed by atoms with E-state index >= 15 is 0 Å². The summed E-state index contributed by atoms with van der Waals surface area (Å²) in [6, 6.07) is 4.50. The lowest BCUT2D eigenvalue weighted by atomic mass is 10.2. The monoisotopic (exact) mass is 289 g/mol. The fourth-order valence-corrected chi connectivity index (χ4v) is 2.94. The second-order valence-corrected chi connectivity index (χ2v) is 6.09. The number of sulfonamides is 1. The van der Waals surface area contributed by atoms with Crippen LogP contribution in [0.5, 0.6) is 0 Å². The molecule has 0 aliphatic carbocycles. The van der Waals surface area contributed by atoms with E-state index in [0.717, 1.165) is 0 Å². The SMILES string of the molecule is Nc1nc(-c2ccc(Cl)c(S(N)(=O)=O)c2)cs1. The molecule has 5 nitrogen and oxygen atoms in total. The number of rotatable bonds is 2. The van der Waals surface area contributed by atoms with Gasteiger partial charge in [0.2, 0.25) is 10.0 Å². The van der Waals surface area contributed by atoms with Crippen LogP contribution in [0, 0.1) is 0 Å². The van der Waals surface area contributed by atoms with Crippen LogP contribution in [0.25, 0.3) is 11.3 Å². The Morgan fingerprint density at radius 1 is 1.35 bits per heavy atom. The zero-order chi connectivity index (χ0) is 12.6. The molecule has 90 valence electrons. The van der Waals surface area contributed by atoms with Crippen molar-refractivity contribution in [3.05, 3.63) is 28.6 Å². The fraction of sp³-hybridized carbons (Fsp3) is 0. The van der Waals surface area contributed by atoms with Crippen molar-refractivity contribution in [2.75, 3.05) is 5.73 Å². The Morgan fingerprint density at radius 3 is 2.59 bits per heavy atom. The number of primary sulfonamides is 1. The molecule has 2 rings (SSSR count). The number of aromatic nitrogens is 1. The highest BCUT2D eigenvalue weighted by Gasteiger charge is 2.14. The summed E-state index contributed by atoms with van der Waals surface area (Å²) < 4.78 is 22.6. The van der Waals surface area contributed by atoms with Crippen molar-refractivity contribution in [2.45, 2.75) is 4.90 Å². The second-order valence-electron chi connectivity index (χ2n) is 3.26. The van der Waals surface area contributed by atoms with Crippen LogP contribution in [0.1, 0.15) is 0 Å². The molecular formula is C9H8ClN3O2S2. The zero-order valence-corrected chi connectivity index (χ0v) is 10.8. The summed E-state index contributed by atoms with van der Waals surface area (Å²) >= 11 is 7.04. The largest absolute Gasteiger partial charge is 0.375 e. The topological polar surface area (TPSA) is 99.1 Å². The van der Waals surface area contributed by atoms with Crippen LogP contribution in [0.2, 0.25) is 5.02 Å². The van der Waals surface area contributed by atoms with E-state index in [4.69, 9.17) is 22.5 Å². The van der Waals surface area contributed by atoms with Crippen LogP contribution in [-0.4, -0.2) is 13.4 Å². The Morgan fingerprint density at radius 2 is 2.06 bits per heavy atom. The molecule has 0 unspecified atom stereocenters. The lowest BCUT2D eigenvalue weighted by Gasteiger charge is -2.03. The van der Waals surface area contributed by atoms with Crippen LogP contribution in [-0.2, 0) is 10.0 Å². The first kappa shape index (κ1) is 12.3. The van der Waals surface area contributed by atoms with Crippen molar-refractivity contribution in [3.63, 3.8) is 0 Å². The first-order valence-electron chi connectivity index (χ1n) is 4.41. The van der Waals surface area contributed by atoms with Crippen LogP contribution in [0.4, 0.5) is 5.13 Å². The molecule has 0 spiro atoms. The molecular weight excluding hydrogens is 282 g/mol. The highest BCUT2D eigenvalue weighted by molar-refractivity contribution is 7.89. The Bertz CT molecular complexity index is 667. The van der Waals surface area contributed by atoms with Crippen molar-refractivity contribution in [2.24, 2.45) is 5.14 Å². The number of nitrogen functional groups attached to an aromatic ring is 1. The van der Waals surface area contributed by atoms with Gasteiger partial charge in [0.1, 0.15) is 4.90 Å². The maximum atomic E-state index is 11.3. The van der Waals surface area contributed by atoms with Crippen molar-refractivity contribution in [3.8, 4) is 11.3 Å². The molecule has 0 radical (unpaired) electrons. The summed E-state index contributed by atoms with van der Waals surface area (Å²) in [4.78, 5) is 3.93. The maximum absolute atomic E-state index is 11.3. The van der Waals surface area contributed by atoms with Crippen LogP contribution in [0.15, 0.2) is 28.5 Å². The third-order valence-corrected chi connectivity index (χ3v) is 4.12. The molecule has 4 N–H and O–H groups in total. The van der Waals surface area contributed by atoms with Crippen LogP contribution >= 0.6 is 22.9 Å². The summed E-state index contributed by atoms with van der Waals surface area (Å²) in [5.41, 5.74) is 6.70. The second kappa shape index (κ2) is 4.26. The maximum Gasteiger partial charge on any atom is 0.239 e. The van der Waals surface area contributed by atoms with Crippen molar-refractivity contribution in [1.29, 1.82) is 0 Å². The molecule has 1 aromatic carbocycles. The van der Waals surface area contributed by atoms with E-state index in [9.17, 15) is 8.42 Å². The van der Waals surface area contributed by atoms with E-state index < -0.39 is 10.0 Å². The predicted molar refractivity (Wildman–Crippen MR) is 68.3 cm³/mol. The van der Waals surface area contributed by atoms with E-state index in [1.54, 1.807) is 11.4 Å². The number of halogens is 1. The fourth-order valence-electron chi connectivity index (χ4n) is 1.30. The molecule has 0 saturated carbocycles. The number of thiazole rings is 1. The number of hydrogen-bond acceptors (Lipinski definition) is 5. The molecule has 0 saturated heterocycles. The first-order valence-corrected chi connectivity index (χ1v) is 7.22. The van der Waals surface area contributed by atoms with Gasteiger partial charge in [-0.25, -0.2) is 18.5 Å². The number of anilines is 1. The summed E-state index contributed by atoms with van der Waals surface area (Å²) in [5, 5.41) is 7.27. The number of hydrogen-bond donors (Lipinski definition) is 2. The Hall–Kier alpha value is -1.15. The van der Waals surface area contributed by atoms with E-state index in [0.29, 0.717) is 16.4 Å². The van der Waals surface area contributed by atoms with Gasteiger partial charge in [-0.1, -0.05) is 17.7 Å². The number of nitrogens with two attached hydrogens (primary N) is 2. The molecule has 1 aromatic heterocycles. The number of benzene rings is 1. The summed E-state index contributed by atoms with van der Waals surface area (Å²) in [5.74, 6) is 0. The zero-order valence-electron chi connectivity index (χ0n) is 8.42. The van der Waals surface area contributed by atoms with Crippen LogP contribution in [0.3, 0.4) is 0 Å². The summed E-state index contributed by atoms with van der Waals surface area (Å²) in [6.07, 6.45) is 0. The predicted octanol–water partition coefficient (Wildman–Crippen LogP) is 1.69. The van der Waals surface area contributed by atoms with Gasteiger partial charge in [-0.05, 0) is 12.1 Å². The molecule has 0 atom stereocenters. The lowest BCUT2D eigenvalue weighted by Crippen LogP contribution is -2.12. The third-order valence-electron chi connectivity index (χ3n) is 2.06. The quantitative estimate of drug-likeness (QED) is 0.879.